The van der Waals surface area contributed by atoms with Crippen LogP contribution in [0.4, 0.5) is 0 Å². The molecule has 2 fully saturated rings. The van der Waals surface area contributed by atoms with Crippen molar-refractivity contribution in [2.45, 2.75) is 72.3 Å². The van der Waals surface area contributed by atoms with Gasteiger partial charge in [-0.15, -0.1) is 0 Å². The van der Waals surface area contributed by atoms with Crippen molar-refractivity contribution < 1.29 is 15.0 Å². The van der Waals surface area contributed by atoms with Gasteiger partial charge in [-0.1, -0.05) is 50.6 Å². The summed E-state index contributed by atoms with van der Waals surface area (Å²) in [6, 6.07) is 7.08. The van der Waals surface area contributed by atoms with Crippen LogP contribution in [0.3, 0.4) is 0 Å². The van der Waals surface area contributed by atoms with Gasteiger partial charge in [-0.05, 0) is 92.2 Å². The molecule has 2 saturated carbocycles. The Labute approximate surface area is 193 Å². The van der Waals surface area contributed by atoms with Crippen LogP contribution in [-0.2, 0) is 11.2 Å². The summed E-state index contributed by atoms with van der Waals surface area (Å²) >= 11 is 0. The van der Waals surface area contributed by atoms with E-state index in [9.17, 15) is 15.0 Å². The highest BCUT2D eigenvalue weighted by Gasteiger charge is 2.51. The Bertz CT molecular complexity index is 839. The molecule has 3 N–H and O–H groups in total. The predicted octanol–water partition coefficient (Wildman–Crippen LogP) is 5.40. The summed E-state index contributed by atoms with van der Waals surface area (Å²) in [5.41, 5.74) is 3.50. The third-order valence-electron chi connectivity index (χ3n) is 8.17. The average molecular weight is 440 g/mol. The number of aliphatic hydroxyl groups excluding tert-OH is 1. The lowest BCUT2D eigenvalue weighted by Gasteiger charge is -2.55. The second-order valence-electron chi connectivity index (χ2n) is 10.8. The van der Waals surface area contributed by atoms with Crippen molar-refractivity contribution in [2.24, 2.45) is 29.1 Å². The van der Waals surface area contributed by atoms with Gasteiger partial charge in [0.05, 0.1) is 6.10 Å². The molecular weight excluding hydrogens is 398 g/mol. The van der Waals surface area contributed by atoms with Crippen molar-refractivity contribution in [2.75, 3.05) is 6.54 Å². The summed E-state index contributed by atoms with van der Waals surface area (Å²) in [7, 11) is 0. The van der Waals surface area contributed by atoms with Crippen molar-refractivity contribution in [1.29, 1.82) is 0 Å². The number of amides is 1. The topological polar surface area (TPSA) is 69.6 Å². The Hall–Kier alpha value is -2.07. The number of phenols is 1. The van der Waals surface area contributed by atoms with Crippen LogP contribution in [0, 0.1) is 29.1 Å². The van der Waals surface area contributed by atoms with E-state index in [1.165, 1.54) is 5.57 Å². The molecule has 5 atom stereocenters. The monoisotopic (exact) mass is 439 g/mol. The van der Waals surface area contributed by atoms with Gasteiger partial charge in [0.15, 0.2) is 0 Å². The first-order valence-corrected chi connectivity index (χ1v) is 12.2. The first-order valence-electron chi connectivity index (χ1n) is 12.2. The number of carbonyl (C=O) groups is 1. The third kappa shape index (κ3) is 5.64. The van der Waals surface area contributed by atoms with E-state index in [4.69, 9.17) is 0 Å². The smallest absolute Gasteiger partial charge is 0.243 e. The largest absolute Gasteiger partial charge is 0.508 e. The van der Waals surface area contributed by atoms with E-state index in [0.717, 1.165) is 49.7 Å². The standard InChI is InChI=1S/C28H41NO3/c1-18(16-26(32)29-15-14-21-8-10-22(30)11-9-21)6-12-23-19(2)7-13-24-27(23)20(3)17-25(31)28(24,4)5/h8-11,16,20,23-25,27,30-31H,2,6-7,12-15,17H2,1,3-5H3,(H,29,32)/b18-16+. The van der Waals surface area contributed by atoms with Gasteiger partial charge < -0.3 is 15.5 Å². The lowest BCUT2D eigenvalue weighted by molar-refractivity contribution is -0.116. The molecule has 1 amide bonds. The van der Waals surface area contributed by atoms with Crippen LogP contribution in [0.25, 0.3) is 0 Å². The van der Waals surface area contributed by atoms with Crippen LogP contribution < -0.4 is 5.32 Å². The minimum atomic E-state index is -0.224. The molecule has 0 spiro atoms. The van der Waals surface area contributed by atoms with Crippen LogP contribution >= 0.6 is 0 Å². The SMILES string of the molecule is C=C1CCC2C(C(C)CC(O)C2(C)C)C1CC/C(C)=C/C(=O)NCCc1ccc(O)cc1. The highest BCUT2D eigenvalue weighted by atomic mass is 16.3. The molecule has 2 aliphatic rings. The van der Waals surface area contributed by atoms with E-state index in [0.29, 0.717) is 30.2 Å². The second-order valence-corrected chi connectivity index (χ2v) is 10.8. The number of nitrogens with one attached hydrogen (secondary N) is 1. The van der Waals surface area contributed by atoms with Gasteiger partial charge in [0.25, 0.3) is 0 Å². The molecule has 1 aromatic rings. The predicted molar refractivity (Wildman–Crippen MR) is 130 cm³/mol. The molecule has 5 unspecified atom stereocenters. The Balaban J connectivity index is 1.53. The van der Waals surface area contributed by atoms with E-state index >= 15 is 0 Å². The maximum Gasteiger partial charge on any atom is 0.243 e. The summed E-state index contributed by atoms with van der Waals surface area (Å²) in [5.74, 6) is 2.28. The fraction of sp³-hybridized carbons (Fsp3) is 0.607. The molecule has 32 heavy (non-hydrogen) atoms. The molecule has 176 valence electrons. The number of aromatic hydroxyl groups is 1. The first kappa shape index (κ1) is 24.6. The van der Waals surface area contributed by atoms with Crippen LogP contribution in [0.2, 0.25) is 0 Å². The third-order valence-corrected chi connectivity index (χ3v) is 8.17. The van der Waals surface area contributed by atoms with E-state index in [1.54, 1.807) is 18.2 Å². The summed E-state index contributed by atoms with van der Waals surface area (Å²) in [5, 5.41) is 23.0. The Kier molecular flexibility index (Phi) is 7.87. The summed E-state index contributed by atoms with van der Waals surface area (Å²) < 4.78 is 0. The number of fused-ring (bicyclic) bond motifs is 1. The number of carbonyl (C=O) groups excluding carboxylic acids is 1. The van der Waals surface area contributed by atoms with Gasteiger partial charge in [-0.25, -0.2) is 0 Å². The van der Waals surface area contributed by atoms with E-state index in [-0.39, 0.29) is 23.2 Å². The lowest BCUT2D eigenvalue weighted by Crippen LogP contribution is -2.52. The van der Waals surface area contributed by atoms with Gasteiger partial charge in [0, 0.05) is 12.6 Å². The van der Waals surface area contributed by atoms with Crippen molar-refractivity contribution >= 4 is 5.91 Å². The van der Waals surface area contributed by atoms with E-state index in [2.05, 4.69) is 32.7 Å². The minimum absolute atomic E-state index is 0.0433. The first-order chi connectivity index (χ1) is 15.1. The maximum absolute atomic E-state index is 12.3. The van der Waals surface area contributed by atoms with Crippen LogP contribution in [-0.4, -0.2) is 28.8 Å². The normalized spacial score (nSPS) is 30.0. The molecule has 0 aliphatic heterocycles. The van der Waals surface area contributed by atoms with Gasteiger partial charge >= 0.3 is 0 Å². The number of benzene rings is 1. The molecule has 3 rings (SSSR count). The van der Waals surface area contributed by atoms with Gasteiger partial charge in [-0.2, -0.15) is 0 Å². The van der Waals surface area contributed by atoms with Crippen molar-refractivity contribution in [3.63, 3.8) is 0 Å². The fourth-order valence-electron chi connectivity index (χ4n) is 6.11. The highest BCUT2D eigenvalue weighted by molar-refractivity contribution is 5.88. The molecule has 1 aromatic carbocycles. The highest BCUT2D eigenvalue weighted by Crippen LogP contribution is 2.56. The molecule has 0 aromatic heterocycles. The number of hydrogen-bond acceptors (Lipinski definition) is 3. The average Bonchev–Trinajstić information content (AvgIpc) is 2.72. The van der Waals surface area contributed by atoms with Gasteiger partial charge in [0.2, 0.25) is 5.91 Å². The molecular formula is C28H41NO3. The number of hydrogen-bond donors (Lipinski definition) is 3. The fourth-order valence-corrected chi connectivity index (χ4v) is 6.11. The van der Waals surface area contributed by atoms with Crippen LogP contribution in [0.5, 0.6) is 5.75 Å². The van der Waals surface area contributed by atoms with Crippen LogP contribution in [0.15, 0.2) is 48.1 Å². The lowest BCUT2D eigenvalue weighted by atomic mass is 9.50. The minimum Gasteiger partial charge on any atom is -0.508 e. The van der Waals surface area contributed by atoms with E-state index in [1.807, 2.05) is 19.1 Å². The number of phenolic OH excluding ortho intramolecular Hbond substituents is 1. The molecule has 4 nitrogen and oxygen atoms in total. The summed E-state index contributed by atoms with van der Waals surface area (Å²) in [6.45, 7) is 13.8. The Morgan fingerprint density at radius 1 is 1.28 bits per heavy atom. The Morgan fingerprint density at radius 3 is 2.66 bits per heavy atom. The second kappa shape index (κ2) is 10.2. The zero-order valence-corrected chi connectivity index (χ0v) is 20.2. The summed E-state index contributed by atoms with van der Waals surface area (Å²) in [6.07, 6.45) is 7.23. The number of aliphatic hydroxyl groups is 1. The molecule has 0 radical (unpaired) electrons. The molecule has 0 saturated heterocycles. The Morgan fingerprint density at radius 2 is 1.97 bits per heavy atom. The number of allylic oxidation sites excluding steroid dienone is 2. The molecule has 0 heterocycles. The summed E-state index contributed by atoms with van der Waals surface area (Å²) in [4.78, 5) is 12.3. The quantitative estimate of drug-likeness (QED) is 0.393. The molecule has 0 bridgehead atoms. The van der Waals surface area contributed by atoms with Crippen LogP contribution in [0.1, 0.15) is 65.4 Å². The van der Waals surface area contributed by atoms with Gasteiger partial charge in [0.1, 0.15) is 5.75 Å². The van der Waals surface area contributed by atoms with E-state index < -0.39 is 0 Å². The van der Waals surface area contributed by atoms with Crippen molar-refractivity contribution in [3.05, 3.63) is 53.6 Å². The number of rotatable bonds is 7. The zero-order chi connectivity index (χ0) is 23.5. The molecule has 2 aliphatic carbocycles. The zero-order valence-electron chi connectivity index (χ0n) is 20.2. The van der Waals surface area contributed by atoms with Gasteiger partial charge in [-0.3, -0.25) is 4.79 Å². The maximum atomic E-state index is 12.3. The van der Waals surface area contributed by atoms with Crippen molar-refractivity contribution in [3.8, 4) is 5.75 Å². The molecule has 4 heteroatoms. The van der Waals surface area contributed by atoms with Crippen molar-refractivity contribution in [1.82, 2.24) is 5.32 Å².